The van der Waals surface area contributed by atoms with Gasteiger partial charge in [-0.05, 0) is 0 Å². The van der Waals surface area contributed by atoms with E-state index in [-0.39, 0.29) is 5.96 Å². The Bertz CT molecular complexity index is 371. The summed E-state index contributed by atoms with van der Waals surface area (Å²) in [5, 5.41) is 17.1. The summed E-state index contributed by atoms with van der Waals surface area (Å²) in [5.41, 5.74) is 10.9. The summed E-state index contributed by atoms with van der Waals surface area (Å²) in [6, 6.07) is 0. The van der Waals surface area contributed by atoms with Crippen LogP contribution in [-0.4, -0.2) is 69.2 Å². The third-order valence-corrected chi connectivity index (χ3v) is 2.67. The van der Waals surface area contributed by atoms with Crippen molar-refractivity contribution in [3.8, 4) is 6.19 Å². The van der Waals surface area contributed by atoms with E-state index in [1.54, 1.807) is 6.19 Å². The molecule has 112 valence electrons. The smallest absolute Gasteiger partial charge is 0.202 e. The number of nitrogens with zero attached hydrogens (tertiary/aromatic N) is 4. The fourth-order valence-electron chi connectivity index (χ4n) is 1.76. The topological polar surface area (TPSA) is 140 Å². The lowest BCUT2D eigenvalue weighted by Crippen LogP contribution is -2.43. The Morgan fingerprint density at radius 1 is 1.45 bits per heavy atom. The summed E-state index contributed by atoms with van der Waals surface area (Å²) in [7, 11) is 0. The number of nitrogens with one attached hydrogen (secondary N) is 3. The first kappa shape index (κ1) is 16.0. The molecule has 0 aromatic carbocycles. The molecule has 0 saturated carbocycles. The van der Waals surface area contributed by atoms with Crippen molar-refractivity contribution in [2.45, 2.75) is 0 Å². The molecule has 0 aromatic heterocycles. The Morgan fingerprint density at radius 2 is 2.30 bits per heavy atom. The molecule has 0 radical (unpaired) electrons. The number of nitrogens with two attached hydrogens (primary N) is 2. The van der Waals surface area contributed by atoms with Crippen LogP contribution in [0.2, 0.25) is 0 Å². The lowest BCUT2D eigenvalue weighted by molar-refractivity contribution is 0.452. The van der Waals surface area contributed by atoms with E-state index in [9.17, 15) is 0 Å². The fraction of sp³-hybridized carbons (Fsp3) is 0.727. The maximum atomic E-state index is 8.30. The molecule has 0 saturated heterocycles. The Balaban J connectivity index is 2.02. The Hall–Kier alpha value is -2.05. The predicted octanol–water partition coefficient (Wildman–Crippen LogP) is -2.82. The number of nitriles is 1. The molecule has 1 heterocycles. The highest BCUT2D eigenvalue weighted by Gasteiger charge is 2.14. The first-order valence-electron chi connectivity index (χ1n) is 6.67. The molecule has 0 atom stereocenters. The zero-order valence-corrected chi connectivity index (χ0v) is 11.6. The largest absolute Gasteiger partial charge is 0.369 e. The highest BCUT2D eigenvalue weighted by Crippen LogP contribution is 1.97. The minimum atomic E-state index is 0.144. The van der Waals surface area contributed by atoms with E-state index in [0.29, 0.717) is 19.6 Å². The number of aliphatic imine (C=N–C) groups is 2. The van der Waals surface area contributed by atoms with E-state index in [1.165, 1.54) is 0 Å². The van der Waals surface area contributed by atoms with Gasteiger partial charge in [-0.25, -0.2) is 0 Å². The molecular formula is C11H23N9. The maximum absolute atomic E-state index is 8.30. The quantitative estimate of drug-likeness (QED) is 0.106. The molecule has 0 aliphatic carbocycles. The van der Waals surface area contributed by atoms with E-state index >= 15 is 0 Å². The van der Waals surface area contributed by atoms with Crippen molar-refractivity contribution in [3.05, 3.63) is 0 Å². The lowest BCUT2D eigenvalue weighted by Gasteiger charge is -2.20. The van der Waals surface area contributed by atoms with Gasteiger partial charge in [0.05, 0.1) is 13.1 Å². The highest BCUT2D eigenvalue weighted by atomic mass is 15.3. The molecule has 0 amide bonds. The molecule has 1 aliphatic rings. The van der Waals surface area contributed by atoms with Gasteiger partial charge >= 0.3 is 0 Å². The molecule has 0 spiro atoms. The predicted molar refractivity (Wildman–Crippen MR) is 79.0 cm³/mol. The Morgan fingerprint density at radius 3 is 3.05 bits per heavy atom. The van der Waals surface area contributed by atoms with Crippen LogP contribution in [0.5, 0.6) is 0 Å². The van der Waals surface area contributed by atoms with Crippen LogP contribution < -0.4 is 27.4 Å². The summed E-state index contributed by atoms with van der Waals surface area (Å²) in [6.07, 6.45) is 1.71. The third-order valence-electron chi connectivity index (χ3n) is 2.67. The molecule has 9 heteroatoms. The average Bonchev–Trinajstić information content (AvgIpc) is 2.86. The van der Waals surface area contributed by atoms with Gasteiger partial charge in [0.25, 0.3) is 0 Å². The molecule has 0 unspecified atom stereocenters. The second-order valence-electron chi connectivity index (χ2n) is 4.16. The molecule has 0 bridgehead atoms. The van der Waals surface area contributed by atoms with Crippen LogP contribution >= 0.6 is 0 Å². The number of rotatable bonds is 8. The minimum absolute atomic E-state index is 0.144. The molecule has 20 heavy (non-hydrogen) atoms. The summed E-state index contributed by atoms with van der Waals surface area (Å²) in [6.45, 7) is 6.05. The van der Waals surface area contributed by atoms with Gasteiger partial charge in [0, 0.05) is 39.3 Å². The first-order valence-corrected chi connectivity index (χ1v) is 6.67. The number of guanidine groups is 2. The monoisotopic (exact) mass is 281 g/mol. The zero-order chi connectivity index (χ0) is 14.6. The highest BCUT2D eigenvalue weighted by molar-refractivity contribution is 5.81. The van der Waals surface area contributed by atoms with Crippen LogP contribution in [0.25, 0.3) is 0 Å². The second kappa shape index (κ2) is 9.82. The van der Waals surface area contributed by atoms with Crippen molar-refractivity contribution in [2.24, 2.45) is 21.5 Å². The molecule has 0 aromatic rings. The van der Waals surface area contributed by atoms with Crippen LogP contribution in [0, 0.1) is 11.5 Å². The SMILES string of the molecule is N#CNC(N)=NCCNCCNC1=NCCN1CCN. The third kappa shape index (κ3) is 6.21. The minimum Gasteiger partial charge on any atom is -0.369 e. The molecule has 9 nitrogen and oxygen atoms in total. The van der Waals surface area contributed by atoms with E-state index in [4.69, 9.17) is 16.7 Å². The second-order valence-corrected chi connectivity index (χ2v) is 4.16. The zero-order valence-electron chi connectivity index (χ0n) is 11.6. The van der Waals surface area contributed by atoms with Crippen LogP contribution in [0.15, 0.2) is 9.98 Å². The van der Waals surface area contributed by atoms with Crippen molar-refractivity contribution >= 4 is 11.9 Å². The summed E-state index contributed by atoms with van der Waals surface area (Å²) < 4.78 is 0. The van der Waals surface area contributed by atoms with Gasteiger partial charge in [0.1, 0.15) is 0 Å². The van der Waals surface area contributed by atoms with E-state index in [1.807, 2.05) is 0 Å². The van der Waals surface area contributed by atoms with Crippen molar-refractivity contribution in [3.63, 3.8) is 0 Å². The van der Waals surface area contributed by atoms with Gasteiger partial charge < -0.3 is 27.0 Å². The van der Waals surface area contributed by atoms with Crippen molar-refractivity contribution in [1.82, 2.24) is 20.9 Å². The van der Waals surface area contributed by atoms with Crippen molar-refractivity contribution in [2.75, 3.05) is 52.4 Å². The average molecular weight is 281 g/mol. The Kier molecular flexibility index (Phi) is 7.86. The number of hydrogen-bond donors (Lipinski definition) is 5. The molecule has 1 rings (SSSR count). The van der Waals surface area contributed by atoms with Crippen LogP contribution in [-0.2, 0) is 0 Å². The molecule has 1 aliphatic heterocycles. The molecular weight excluding hydrogens is 258 g/mol. The van der Waals surface area contributed by atoms with Crippen LogP contribution in [0.1, 0.15) is 0 Å². The van der Waals surface area contributed by atoms with Gasteiger partial charge in [-0.2, -0.15) is 5.26 Å². The van der Waals surface area contributed by atoms with Crippen molar-refractivity contribution in [1.29, 1.82) is 5.26 Å². The fourth-order valence-corrected chi connectivity index (χ4v) is 1.76. The van der Waals surface area contributed by atoms with Gasteiger partial charge in [-0.3, -0.25) is 15.3 Å². The summed E-state index contributed by atoms with van der Waals surface area (Å²) >= 11 is 0. The van der Waals surface area contributed by atoms with Crippen molar-refractivity contribution < 1.29 is 0 Å². The van der Waals surface area contributed by atoms with Crippen LogP contribution in [0.3, 0.4) is 0 Å². The van der Waals surface area contributed by atoms with Crippen LogP contribution in [0.4, 0.5) is 0 Å². The molecule has 0 fully saturated rings. The summed E-state index contributed by atoms with van der Waals surface area (Å²) in [5.74, 6) is 1.07. The summed E-state index contributed by atoms with van der Waals surface area (Å²) in [4.78, 5) is 10.5. The standard InChI is InChI=1S/C11H23N9/c12-1-7-20-8-6-18-11(20)17-5-3-15-2-4-16-10(14)19-9-13/h15H,1-8,12H2,(H,17,18)(H3,14,16,19). The first-order chi connectivity index (χ1) is 9.77. The van der Waals surface area contributed by atoms with E-state index in [0.717, 1.165) is 38.7 Å². The maximum Gasteiger partial charge on any atom is 0.202 e. The van der Waals surface area contributed by atoms with E-state index in [2.05, 4.69) is 30.8 Å². The van der Waals surface area contributed by atoms with Gasteiger partial charge in [0.2, 0.25) is 5.96 Å². The molecule has 7 N–H and O–H groups in total. The lowest BCUT2D eigenvalue weighted by atomic mass is 10.5. The van der Waals surface area contributed by atoms with Gasteiger partial charge in [-0.1, -0.05) is 0 Å². The van der Waals surface area contributed by atoms with Gasteiger partial charge in [0.15, 0.2) is 12.2 Å². The van der Waals surface area contributed by atoms with Gasteiger partial charge in [-0.15, -0.1) is 0 Å². The Labute approximate surface area is 119 Å². The van der Waals surface area contributed by atoms with E-state index < -0.39 is 0 Å². The number of hydrogen-bond acceptors (Lipinski definition) is 7. The normalized spacial score (nSPS) is 14.9.